The van der Waals surface area contributed by atoms with Gasteiger partial charge < -0.3 is 4.74 Å². The molecule has 148 valence electrons. The van der Waals surface area contributed by atoms with E-state index in [1.807, 2.05) is 54.1 Å². The minimum absolute atomic E-state index is 0.322. The maximum Gasteiger partial charge on any atom is 0.124 e. The van der Waals surface area contributed by atoms with Gasteiger partial charge in [0.05, 0.1) is 23.8 Å². The summed E-state index contributed by atoms with van der Waals surface area (Å²) < 4.78 is 21.2. The summed E-state index contributed by atoms with van der Waals surface area (Å²) in [5.74, 6) is 0.441. The van der Waals surface area contributed by atoms with Crippen LogP contribution in [0.25, 0.3) is 38.8 Å². The lowest BCUT2D eigenvalue weighted by Gasteiger charge is -2.07. The van der Waals surface area contributed by atoms with Gasteiger partial charge in [-0.2, -0.15) is 5.10 Å². The van der Waals surface area contributed by atoms with Crippen LogP contribution in [0.15, 0.2) is 66.9 Å². The number of hydrogen-bond donors (Lipinski definition) is 0. The number of pyridine rings is 1. The molecule has 0 saturated carbocycles. The second kappa shape index (κ2) is 7.11. The molecule has 6 heteroatoms. The summed E-state index contributed by atoms with van der Waals surface area (Å²) in [6.07, 6.45) is 1.79. The first-order valence-corrected chi connectivity index (χ1v) is 9.81. The lowest BCUT2D eigenvalue weighted by Crippen LogP contribution is -1.98. The number of rotatable bonds is 3. The smallest absolute Gasteiger partial charge is 0.124 e. The number of fused-ring (bicyclic) bond motifs is 3. The van der Waals surface area contributed by atoms with Crippen LogP contribution in [-0.2, 0) is 0 Å². The van der Waals surface area contributed by atoms with E-state index in [9.17, 15) is 4.39 Å². The van der Waals surface area contributed by atoms with Crippen molar-refractivity contribution < 1.29 is 9.13 Å². The van der Waals surface area contributed by atoms with Crippen molar-refractivity contribution in [2.45, 2.75) is 6.92 Å². The fraction of sp³-hybridized carbons (Fsp3) is 0.0833. The van der Waals surface area contributed by atoms with E-state index < -0.39 is 0 Å². The third-order valence-corrected chi connectivity index (χ3v) is 5.64. The van der Waals surface area contributed by atoms with Crippen molar-refractivity contribution in [2.75, 3.05) is 7.11 Å². The van der Waals surface area contributed by atoms with Crippen molar-refractivity contribution in [3.63, 3.8) is 0 Å². The quantitative estimate of drug-likeness (QED) is 0.343. The Morgan fingerprint density at radius 2 is 1.77 bits per heavy atom. The molecular weight excluding hydrogens is 401 g/mol. The fourth-order valence-electron chi connectivity index (χ4n) is 3.62. The molecule has 0 aliphatic rings. The van der Waals surface area contributed by atoms with Gasteiger partial charge in [0.1, 0.15) is 17.3 Å². The Kier molecular flexibility index (Phi) is 4.40. The minimum Gasteiger partial charge on any atom is -0.497 e. The molecule has 5 rings (SSSR count). The number of methoxy groups -OCH3 is 1. The Morgan fingerprint density at radius 3 is 2.50 bits per heavy atom. The summed E-state index contributed by atoms with van der Waals surface area (Å²) in [4.78, 5) is 4.54. The van der Waals surface area contributed by atoms with Crippen LogP contribution in [0.1, 0.15) is 5.56 Å². The summed E-state index contributed by atoms with van der Waals surface area (Å²) in [7, 11) is 1.63. The van der Waals surface area contributed by atoms with E-state index in [-0.39, 0.29) is 5.82 Å². The number of halogens is 2. The molecule has 0 amide bonds. The standard InChI is InChI=1S/C24H17ClFN3O/c1-14-3-7-17(12-21(14)25)29-24-19-11-16(26)6-10-22(19)27-13-20(24)23(28-29)15-4-8-18(30-2)9-5-15/h3-13H,1-2H3. The molecule has 0 saturated heterocycles. The maximum absolute atomic E-state index is 14.1. The van der Waals surface area contributed by atoms with Crippen molar-refractivity contribution in [3.8, 4) is 22.7 Å². The van der Waals surface area contributed by atoms with E-state index in [1.54, 1.807) is 19.4 Å². The Balaban J connectivity index is 1.86. The summed E-state index contributed by atoms with van der Waals surface area (Å²) in [5, 5.41) is 7.06. The van der Waals surface area contributed by atoms with Gasteiger partial charge >= 0.3 is 0 Å². The second-order valence-corrected chi connectivity index (χ2v) is 7.51. The lowest BCUT2D eigenvalue weighted by molar-refractivity contribution is 0.415. The highest BCUT2D eigenvalue weighted by atomic mass is 35.5. The van der Waals surface area contributed by atoms with Crippen LogP contribution in [-0.4, -0.2) is 21.9 Å². The van der Waals surface area contributed by atoms with Crippen LogP contribution < -0.4 is 4.74 Å². The van der Waals surface area contributed by atoms with Crippen LogP contribution in [0.5, 0.6) is 5.75 Å². The van der Waals surface area contributed by atoms with Crippen molar-refractivity contribution in [1.29, 1.82) is 0 Å². The molecule has 3 aromatic carbocycles. The van der Waals surface area contributed by atoms with Gasteiger partial charge in [0.15, 0.2) is 0 Å². The number of hydrogen-bond acceptors (Lipinski definition) is 3. The minimum atomic E-state index is -0.322. The van der Waals surface area contributed by atoms with E-state index in [0.29, 0.717) is 15.9 Å². The molecule has 5 aromatic rings. The first-order chi connectivity index (χ1) is 14.5. The van der Waals surface area contributed by atoms with Gasteiger partial charge in [-0.3, -0.25) is 4.98 Å². The molecular formula is C24H17ClFN3O. The molecule has 0 unspecified atom stereocenters. The molecule has 0 spiro atoms. The van der Waals surface area contributed by atoms with Crippen LogP contribution in [0.4, 0.5) is 4.39 Å². The zero-order valence-corrected chi connectivity index (χ0v) is 17.1. The zero-order chi connectivity index (χ0) is 20.8. The normalized spacial score (nSPS) is 11.3. The predicted molar refractivity (Wildman–Crippen MR) is 118 cm³/mol. The maximum atomic E-state index is 14.1. The van der Waals surface area contributed by atoms with Crippen molar-refractivity contribution in [2.24, 2.45) is 0 Å². The molecule has 0 aliphatic carbocycles. The van der Waals surface area contributed by atoms with Crippen molar-refractivity contribution >= 4 is 33.4 Å². The van der Waals surface area contributed by atoms with Gasteiger partial charge in [0.25, 0.3) is 0 Å². The van der Waals surface area contributed by atoms with Gasteiger partial charge in [0, 0.05) is 27.6 Å². The monoisotopic (exact) mass is 417 g/mol. The molecule has 2 heterocycles. The average Bonchev–Trinajstić information content (AvgIpc) is 3.16. The van der Waals surface area contributed by atoms with E-state index in [2.05, 4.69) is 4.98 Å². The van der Waals surface area contributed by atoms with Crippen LogP contribution in [0.3, 0.4) is 0 Å². The third-order valence-electron chi connectivity index (χ3n) is 5.23. The summed E-state index contributed by atoms with van der Waals surface area (Å²) in [5.41, 5.74) is 4.92. The van der Waals surface area contributed by atoms with Crippen LogP contribution >= 0.6 is 11.6 Å². The Morgan fingerprint density at radius 1 is 0.967 bits per heavy atom. The zero-order valence-electron chi connectivity index (χ0n) is 16.4. The first kappa shape index (κ1) is 18.6. The van der Waals surface area contributed by atoms with Crippen LogP contribution in [0, 0.1) is 12.7 Å². The molecule has 0 N–H and O–H groups in total. The number of ether oxygens (including phenoxy) is 1. The van der Waals surface area contributed by atoms with Crippen LogP contribution in [0.2, 0.25) is 5.02 Å². The van der Waals surface area contributed by atoms with E-state index in [0.717, 1.165) is 39.2 Å². The highest BCUT2D eigenvalue weighted by Gasteiger charge is 2.18. The molecule has 0 bridgehead atoms. The van der Waals surface area contributed by atoms with Gasteiger partial charge in [0.2, 0.25) is 0 Å². The van der Waals surface area contributed by atoms with Gasteiger partial charge in [-0.1, -0.05) is 17.7 Å². The largest absolute Gasteiger partial charge is 0.497 e. The number of benzene rings is 3. The SMILES string of the molecule is COc1ccc(-c2nn(-c3ccc(C)c(Cl)c3)c3c2cnc2ccc(F)cc23)cc1. The lowest BCUT2D eigenvalue weighted by atomic mass is 10.1. The van der Waals surface area contributed by atoms with E-state index in [4.69, 9.17) is 21.4 Å². The second-order valence-electron chi connectivity index (χ2n) is 7.10. The molecule has 0 atom stereocenters. The summed E-state index contributed by atoms with van der Waals surface area (Å²) in [6, 6.07) is 18.0. The molecule has 2 aromatic heterocycles. The molecule has 0 aliphatic heterocycles. The number of nitrogens with zero attached hydrogens (tertiary/aromatic N) is 3. The van der Waals surface area contributed by atoms with Crippen molar-refractivity contribution in [1.82, 2.24) is 14.8 Å². The topological polar surface area (TPSA) is 39.9 Å². The Bertz CT molecular complexity index is 1410. The van der Waals surface area contributed by atoms with E-state index >= 15 is 0 Å². The molecule has 0 fully saturated rings. The Labute approximate surface area is 177 Å². The number of aromatic nitrogens is 3. The summed E-state index contributed by atoms with van der Waals surface area (Å²) >= 11 is 6.39. The summed E-state index contributed by atoms with van der Waals surface area (Å²) in [6.45, 7) is 1.95. The molecule has 30 heavy (non-hydrogen) atoms. The predicted octanol–water partition coefficient (Wildman–Crippen LogP) is 6.35. The third kappa shape index (κ3) is 2.99. The van der Waals surface area contributed by atoms with Gasteiger partial charge in [-0.15, -0.1) is 0 Å². The van der Waals surface area contributed by atoms with Gasteiger partial charge in [-0.25, -0.2) is 9.07 Å². The molecule has 4 nitrogen and oxygen atoms in total. The average molecular weight is 418 g/mol. The van der Waals surface area contributed by atoms with Crippen molar-refractivity contribution in [3.05, 3.63) is 83.3 Å². The fourth-order valence-corrected chi connectivity index (χ4v) is 3.79. The highest BCUT2D eigenvalue weighted by Crippen LogP contribution is 2.35. The first-order valence-electron chi connectivity index (χ1n) is 9.43. The van der Waals surface area contributed by atoms with E-state index in [1.165, 1.54) is 12.1 Å². The number of aryl methyl sites for hydroxylation is 1. The Hall–Kier alpha value is -3.44. The van der Waals surface area contributed by atoms with Gasteiger partial charge in [-0.05, 0) is 67.1 Å². The highest BCUT2D eigenvalue weighted by molar-refractivity contribution is 6.31. The molecule has 0 radical (unpaired) electrons.